The Labute approximate surface area is 89.1 Å². The van der Waals surface area contributed by atoms with E-state index in [2.05, 4.69) is 4.18 Å². The average Bonchev–Trinajstić information content (AvgIpc) is 2.07. The first-order chi connectivity index (χ1) is 6.79. The van der Waals surface area contributed by atoms with E-state index in [4.69, 9.17) is 9.29 Å². The van der Waals surface area contributed by atoms with Crippen molar-refractivity contribution in [3.05, 3.63) is 0 Å². The van der Waals surface area contributed by atoms with E-state index in [-0.39, 0.29) is 18.6 Å². The van der Waals surface area contributed by atoms with Gasteiger partial charge in [0.25, 0.3) is 0 Å². The second-order valence-corrected chi connectivity index (χ2v) is 4.96. The maximum Gasteiger partial charge on any atom is 0.397 e. The average molecular weight is 240 g/mol. The summed E-state index contributed by atoms with van der Waals surface area (Å²) < 4.78 is 38.5. The lowest BCUT2D eigenvalue weighted by Crippen LogP contribution is -2.44. The first-order valence-corrected chi connectivity index (χ1v) is 6.11. The fraction of sp³-hybridized carbons (Fsp3) is 1.00. The van der Waals surface area contributed by atoms with Crippen molar-refractivity contribution in [3.63, 3.8) is 0 Å². The Bertz CT molecular complexity index is 300. The van der Waals surface area contributed by atoms with Crippen molar-refractivity contribution >= 4 is 10.4 Å². The lowest BCUT2D eigenvalue weighted by atomic mass is 9.92. The molecule has 7 heteroatoms. The molecule has 1 aliphatic heterocycles. The third-order valence-corrected chi connectivity index (χ3v) is 3.05. The topological polar surface area (TPSA) is 93.1 Å². The summed E-state index contributed by atoms with van der Waals surface area (Å²) in [4.78, 5) is 0. The summed E-state index contributed by atoms with van der Waals surface area (Å²) in [6.45, 7) is 3.42. The smallest absolute Gasteiger partial charge is 0.390 e. The second-order valence-electron chi connectivity index (χ2n) is 3.87. The molecule has 1 aliphatic rings. The van der Waals surface area contributed by atoms with Crippen LogP contribution in [0.15, 0.2) is 0 Å². The van der Waals surface area contributed by atoms with Gasteiger partial charge in [-0.2, -0.15) is 8.42 Å². The van der Waals surface area contributed by atoms with Gasteiger partial charge in [0.1, 0.15) is 6.10 Å². The van der Waals surface area contributed by atoms with Gasteiger partial charge in [-0.1, -0.05) is 6.92 Å². The molecule has 0 aromatic heterocycles. The predicted molar refractivity (Wildman–Crippen MR) is 51.6 cm³/mol. The highest BCUT2D eigenvalue weighted by atomic mass is 32.3. The summed E-state index contributed by atoms with van der Waals surface area (Å²) >= 11 is 0. The number of aliphatic hydroxyl groups is 1. The summed E-state index contributed by atoms with van der Waals surface area (Å²) in [5.74, 6) is 0.210. The quantitative estimate of drug-likeness (QED) is 0.673. The van der Waals surface area contributed by atoms with Crippen LogP contribution in [0, 0.1) is 5.92 Å². The Morgan fingerprint density at radius 3 is 2.60 bits per heavy atom. The van der Waals surface area contributed by atoms with Crippen molar-refractivity contribution in [1.29, 1.82) is 0 Å². The largest absolute Gasteiger partial charge is 0.397 e. The highest BCUT2D eigenvalue weighted by Crippen LogP contribution is 2.25. The number of ether oxygens (including phenoxy) is 1. The Morgan fingerprint density at radius 1 is 1.47 bits per heavy atom. The summed E-state index contributed by atoms with van der Waals surface area (Å²) in [5, 5.41) is 9.57. The number of hydrogen-bond acceptors (Lipinski definition) is 5. The Balaban J connectivity index is 2.48. The molecule has 6 nitrogen and oxygen atoms in total. The minimum atomic E-state index is -4.47. The SMILES string of the molecule is CC1C[C@H](O)C(COS(=O)(=O)O)O[C@@H]1C. The summed E-state index contributed by atoms with van der Waals surface area (Å²) in [7, 11) is -4.47. The van der Waals surface area contributed by atoms with E-state index in [1.807, 2.05) is 13.8 Å². The van der Waals surface area contributed by atoms with Crippen LogP contribution in [0.2, 0.25) is 0 Å². The molecule has 90 valence electrons. The Morgan fingerprint density at radius 2 is 2.07 bits per heavy atom. The van der Waals surface area contributed by atoms with Crippen LogP contribution in [0.4, 0.5) is 0 Å². The van der Waals surface area contributed by atoms with Crippen LogP contribution in [-0.2, 0) is 19.3 Å². The van der Waals surface area contributed by atoms with Crippen molar-refractivity contribution in [1.82, 2.24) is 0 Å². The van der Waals surface area contributed by atoms with E-state index in [0.29, 0.717) is 6.42 Å². The zero-order chi connectivity index (χ0) is 11.6. The number of aliphatic hydroxyl groups excluding tert-OH is 1. The molecule has 2 N–H and O–H groups in total. The molecular weight excluding hydrogens is 224 g/mol. The van der Waals surface area contributed by atoms with Crippen molar-refractivity contribution in [2.75, 3.05) is 6.61 Å². The van der Waals surface area contributed by atoms with Gasteiger partial charge >= 0.3 is 10.4 Å². The van der Waals surface area contributed by atoms with Gasteiger partial charge in [-0.25, -0.2) is 4.18 Å². The Kier molecular flexibility index (Phi) is 4.07. The number of hydrogen-bond donors (Lipinski definition) is 2. The molecule has 1 fully saturated rings. The van der Waals surface area contributed by atoms with Crippen molar-refractivity contribution in [2.45, 2.75) is 38.6 Å². The first kappa shape index (κ1) is 12.9. The molecule has 2 unspecified atom stereocenters. The standard InChI is InChI=1S/C8H16O6S/c1-5-3-7(9)8(14-6(5)2)4-13-15(10,11)12/h5-9H,3-4H2,1-2H3,(H,10,11,12)/t5?,6-,7+,8?/m1/s1. The molecule has 0 spiro atoms. The van der Waals surface area contributed by atoms with Gasteiger partial charge in [-0.3, -0.25) is 4.55 Å². The van der Waals surface area contributed by atoms with Crippen LogP contribution < -0.4 is 0 Å². The van der Waals surface area contributed by atoms with Gasteiger partial charge in [0, 0.05) is 0 Å². The van der Waals surface area contributed by atoms with Gasteiger partial charge in [-0.05, 0) is 19.3 Å². The molecule has 4 atom stereocenters. The van der Waals surface area contributed by atoms with Crippen LogP contribution in [0.5, 0.6) is 0 Å². The molecule has 0 bridgehead atoms. The lowest BCUT2D eigenvalue weighted by molar-refractivity contribution is -0.145. The van der Waals surface area contributed by atoms with Crippen molar-refractivity contribution < 1.29 is 27.0 Å². The molecule has 1 heterocycles. The van der Waals surface area contributed by atoms with Gasteiger partial charge in [0.05, 0.1) is 18.8 Å². The molecule has 0 saturated carbocycles. The van der Waals surface area contributed by atoms with E-state index >= 15 is 0 Å². The Hall–Kier alpha value is -0.210. The molecular formula is C8H16O6S. The van der Waals surface area contributed by atoms with Crippen LogP contribution in [0.3, 0.4) is 0 Å². The molecule has 1 saturated heterocycles. The van der Waals surface area contributed by atoms with Gasteiger partial charge in [-0.15, -0.1) is 0 Å². The maximum atomic E-state index is 10.3. The lowest BCUT2D eigenvalue weighted by Gasteiger charge is -2.36. The first-order valence-electron chi connectivity index (χ1n) is 4.75. The minimum absolute atomic E-state index is 0.0663. The molecule has 15 heavy (non-hydrogen) atoms. The van der Waals surface area contributed by atoms with Gasteiger partial charge in [0.15, 0.2) is 0 Å². The molecule has 0 aromatic rings. The normalized spacial score (nSPS) is 37.9. The van der Waals surface area contributed by atoms with E-state index in [1.165, 1.54) is 0 Å². The molecule has 1 rings (SSSR count). The molecule has 0 amide bonds. The molecule has 0 aliphatic carbocycles. The monoisotopic (exact) mass is 240 g/mol. The van der Waals surface area contributed by atoms with E-state index in [1.54, 1.807) is 0 Å². The molecule has 0 radical (unpaired) electrons. The second kappa shape index (κ2) is 4.75. The van der Waals surface area contributed by atoms with Crippen LogP contribution >= 0.6 is 0 Å². The zero-order valence-electron chi connectivity index (χ0n) is 8.66. The highest BCUT2D eigenvalue weighted by Gasteiger charge is 2.33. The summed E-state index contributed by atoms with van der Waals surface area (Å²) in [6, 6.07) is 0. The highest BCUT2D eigenvalue weighted by molar-refractivity contribution is 7.80. The van der Waals surface area contributed by atoms with E-state index < -0.39 is 22.6 Å². The summed E-state index contributed by atoms with van der Waals surface area (Å²) in [5.41, 5.74) is 0. The van der Waals surface area contributed by atoms with E-state index in [0.717, 1.165) is 0 Å². The van der Waals surface area contributed by atoms with Gasteiger partial charge < -0.3 is 9.84 Å². The van der Waals surface area contributed by atoms with Crippen LogP contribution in [-0.4, -0.2) is 43.0 Å². The summed E-state index contributed by atoms with van der Waals surface area (Å²) in [6.07, 6.45) is -1.01. The fourth-order valence-electron chi connectivity index (χ4n) is 1.53. The van der Waals surface area contributed by atoms with Crippen LogP contribution in [0.1, 0.15) is 20.3 Å². The van der Waals surface area contributed by atoms with Crippen LogP contribution in [0.25, 0.3) is 0 Å². The number of rotatable bonds is 3. The maximum absolute atomic E-state index is 10.3. The minimum Gasteiger partial charge on any atom is -0.390 e. The predicted octanol–water partition coefficient (Wildman–Crippen LogP) is -0.0198. The van der Waals surface area contributed by atoms with Gasteiger partial charge in [0.2, 0.25) is 0 Å². The van der Waals surface area contributed by atoms with Crippen molar-refractivity contribution in [2.24, 2.45) is 5.92 Å². The third-order valence-electron chi connectivity index (χ3n) is 2.61. The third kappa shape index (κ3) is 4.04. The fourth-order valence-corrected chi connectivity index (χ4v) is 1.83. The zero-order valence-corrected chi connectivity index (χ0v) is 9.48. The van der Waals surface area contributed by atoms with Crippen molar-refractivity contribution in [3.8, 4) is 0 Å². The van der Waals surface area contributed by atoms with E-state index in [9.17, 15) is 13.5 Å². The molecule has 0 aromatic carbocycles.